The molecule has 2 heterocycles. The van der Waals surface area contributed by atoms with Crippen LogP contribution in [0, 0.1) is 12.8 Å². The van der Waals surface area contributed by atoms with E-state index in [0.29, 0.717) is 13.1 Å². The maximum Gasteiger partial charge on any atom is 0.416 e. The van der Waals surface area contributed by atoms with Crippen molar-refractivity contribution in [1.82, 2.24) is 15.1 Å². The van der Waals surface area contributed by atoms with E-state index in [1.54, 1.807) is 17.9 Å². The van der Waals surface area contributed by atoms with E-state index in [4.69, 9.17) is 0 Å². The molecule has 1 fully saturated rings. The van der Waals surface area contributed by atoms with Gasteiger partial charge in [0.2, 0.25) is 5.91 Å². The number of carbonyl (C=O) groups is 1. The Morgan fingerprint density at radius 1 is 1.36 bits per heavy atom. The zero-order chi connectivity index (χ0) is 18.2. The summed E-state index contributed by atoms with van der Waals surface area (Å²) in [5, 5.41) is 9.91. The molecule has 2 atom stereocenters. The van der Waals surface area contributed by atoms with Crippen LogP contribution in [0.4, 0.5) is 18.9 Å². The number of anilines is 1. The van der Waals surface area contributed by atoms with E-state index in [-0.39, 0.29) is 29.0 Å². The number of alkyl halides is 3. The van der Waals surface area contributed by atoms with E-state index in [0.717, 1.165) is 11.6 Å². The topological polar surface area (TPSA) is 59.0 Å². The summed E-state index contributed by atoms with van der Waals surface area (Å²) in [5.74, 6) is -0.711. The molecule has 0 bridgehead atoms. The zero-order valence-corrected chi connectivity index (χ0v) is 13.9. The van der Waals surface area contributed by atoms with Crippen molar-refractivity contribution >= 4 is 11.6 Å². The third-order valence-electron chi connectivity index (χ3n) is 4.51. The fourth-order valence-corrected chi connectivity index (χ4v) is 3.18. The van der Waals surface area contributed by atoms with Gasteiger partial charge in [0, 0.05) is 37.9 Å². The largest absolute Gasteiger partial charge is 0.416 e. The number of nitrogens with zero attached hydrogens (tertiary/aromatic N) is 2. The number of amides is 1. The molecule has 1 aromatic heterocycles. The number of nitrogens with one attached hydrogen (secondary N) is 2. The fraction of sp³-hybridized carbons (Fsp3) is 0.412. The zero-order valence-electron chi connectivity index (χ0n) is 13.9. The third-order valence-corrected chi connectivity index (χ3v) is 4.51. The van der Waals surface area contributed by atoms with Gasteiger partial charge >= 0.3 is 6.18 Å². The molecular weight excluding hydrogens is 333 g/mol. The van der Waals surface area contributed by atoms with Crippen LogP contribution in [0.3, 0.4) is 0 Å². The molecule has 5 nitrogen and oxygen atoms in total. The van der Waals surface area contributed by atoms with E-state index in [2.05, 4.69) is 15.7 Å². The average Bonchev–Trinajstić information content (AvgIpc) is 3.16. The molecule has 0 unspecified atom stereocenters. The van der Waals surface area contributed by atoms with Gasteiger partial charge in [0.1, 0.15) is 0 Å². The predicted octanol–water partition coefficient (Wildman–Crippen LogP) is 2.69. The molecule has 0 aliphatic carbocycles. The lowest BCUT2D eigenvalue weighted by atomic mass is 9.90. The molecule has 1 saturated heterocycles. The maximum atomic E-state index is 13.0. The summed E-state index contributed by atoms with van der Waals surface area (Å²) < 4.78 is 40.7. The van der Waals surface area contributed by atoms with E-state index in [9.17, 15) is 18.0 Å². The Morgan fingerprint density at radius 3 is 2.76 bits per heavy atom. The average molecular weight is 352 g/mol. The summed E-state index contributed by atoms with van der Waals surface area (Å²) in [6.45, 7) is 2.50. The Morgan fingerprint density at radius 2 is 2.12 bits per heavy atom. The van der Waals surface area contributed by atoms with Crippen LogP contribution < -0.4 is 10.6 Å². The molecule has 1 aliphatic rings. The summed E-state index contributed by atoms with van der Waals surface area (Å²) >= 11 is 0. The molecule has 0 saturated carbocycles. The molecule has 2 aromatic rings. The van der Waals surface area contributed by atoms with Crippen molar-refractivity contribution in [3.8, 4) is 0 Å². The Kier molecular flexibility index (Phi) is 4.55. The van der Waals surface area contributed by atoms with E-state index >= 15 is 0 Å². The van der Waals surface area contributed by atoms with Gasteiger partial charge in [-0.25, -0.2) is 0 Å². The number of halogens is 3. The third kappa shape index (κ3) is 3.68. The number of hydrogen-bond donors (Lipinski definition) is 2. The first kappa shape index (κ1) is 17.5. The number of aryl methyl sites for hydroxylation is 2. The highest BCUT2D eigenvalue weighted by molar-refractivity contribution is 5.93. The molecule has 3 rings (SSSR count). The van der Waals surface area contributed by atoms with Gasteiger partial charge < -0.3 is 10.6 Å². The van der Waals surface area contributed by atoms with Crippen molar-refractivity contribution in [2.45, 2.75) is 19.0 Å². The van der Waals surface area contributed by atoms with Gasteiger partial charge in [0.25, 0.3) is 0 Å². The summed E-state index contributed by atoms with van der Waals surface area (Å²) in [5.41, 5.74) is 0.479. The van der Waals surface area contributed by atoms with Crippen LogP contribution in [-0.2, 0) is 18.0 Å². The van der Waals surface area contributed by atoms with Crippen molar-refractivity contribution in [3.05, 3.63) is 47.3 Å². The Labute approximate surface area is 143 Å². The van der Waals surface area contributed by atoms with Gasteiger partial charge in [-0.3, -0.25) is 9.48 Å². The minimum absolute atomic E-state index is 0.0544. The lowest BCUT2D eigenvalue weighted by Gasteiger charge is -2.18. The Bertz CT molecular complexity index is 784. The van der Waals surface area contributed by atoms with Crippen molar-refractivity contribution in [2.24, 2.45) is 13.0 Å². The Balaban J connectivity index is 1.78. The molecule has 1 aromatic carbocycles. The number of hydrogen-bond acceptors (Lipinski definition) is 3. The summed E-state index contributed by atoms with van der Waals surface area (Å²) in [6.07, 6.45) is -0.880. The lowest BCUT2D eigenvalue weighted by Crippen LogP contribution is -2.28. The van der Waals surface area contributed by atoms with Crippen molar-refractivity contribution in [3.63, 3.8) is 0 Å². The number of benzene rings is 1. The molecular formula is C17H19F3N4O. The molecule has 0 spiro atoms. The highest BCUT2D eigenvalue weighted by atomic mass is 19.4. The quantitative estimate of drug-likeness (QED) is 0.893. The smallest absolute Gasteiger partial charge is 0.326 e. The van der Waals surface area contributed by atoms with Gasteiger partial charge in [-0.1, -0.05) is 6.07 Å². The highest BCUT2D eigenvalue weighted by Crippen LogP contribution is 2.34. The first-order valence-corrected chi connectivity index (χ1v) is 7.93. The van der Waals surface area contributed by atoms with Gasteiger partial charge in [-0.15, -0.1) is 0 Å². The van der Waals surface area contributed by atoms with Crippen LogP contribution >= 0.6 is 0 Å². The molecule has 8 heteroatoms. The molecule has 2 N–H and O–H groups in total. The lowest BCUT2D eigenvalue weighted by molar-refractivity contribution is -0.138. The number of carbonyl (C=O) groups excluding carboxylic acids is 1. The van der Waals surface area contributed by atoms with Crippen LogP contribution in [0.1, 0.15) is 22.6 Å². The summed E-state index contributed by atoms with van der Waals surface area (Å²) in [4.78, 5) is 12.6. The Hall–Kier alpha value is -2.35. The van der Waals surface area contributed by atoms with Crippen LogP contribution in [0.25, 0.3) is 0 Å². The van der Waals surface area contributed by atoms with Crippen molar-refractivity contribution in [2.75, 3.05) is 18.4 Å². The maximum absolute atomic E-state index is 13.0. The van der Waals surface area contributed by atoms with Gasteiger partial charge in [0.15, 0.2) is 0 Å². The van der Waals surface area contributed by atoms with Gasteiger partial charge in [0.05, 0.1) is 17.7 Å². The first-order chi connectivity index (χ1) is 11.8. The number of aromatic nitrogens is 2. The van der Waals surface area contributed by atoms with Crippen molar-refractivity contribution < 1.29 is 18.0 Å². The predicted molar refractivity (Wildman–Crippen MR) is 87.1 cm³/mol. The molecule has 134 valence electrons. The monoisotopic (exact) mass is 352 g/mol. The highest BCUT2D eigenvalue weighted by Gasteiger charge is 2.36. The molecule has 1 aliphatic heterocycles. The van der Waals surface area contributed by atoms with Crippen LogP contribution in [-0.4, -0.2) is 28.8 Å². The van der Waals surface area contributed by atoms with Gasteiger partial charge in [-0.05, 0) is 30.2 Å². The minimum atomic E-state index is -4.45. The standard InChI is InChI=1S/C17H19F3N4O/c1-10-3-4-12(5-15(10)17(18,19)20)23-16(25)14-8-21-7-13(14)11-6-22-24(2)9-11/h3-6,9,13-14,21H,7-8H2,1-2H3,(H,23,25)/t13-,14+/m1/s1. The normalized spacial score (nSPS) is 20.7. The van der Waals surface area contributed by atoms with Gasteiger partial charge in [-0.2, -0.15) is 18.3 Å². The molecule has 0 radical (unpaired) electrons. The number of rotatable bonds is 3. The summed E-state index contributed by atoms with van der Waals surface area (Å²) in [7, 11) is 1.80. The van der Waals surface area contributed by atoms with Crippen LogP contribution in [0.2, 0.25) is 0 Å². The first-order valence-electron chi connectivity index (χ1n) is 7.93. The fourth-order valence-electron chi connectivity index (χ4n) is 3.18. The van der Waals surface area contributed by atoms with E-state index in [1.807, 2.05) is 6.20 Å². The summed E-state index contributed by atoms with van der Waals surface area (Å²) in [6, 6.07) is 3.84. The van der Waals surface area contributed by atoms with E-state index in [1.165, 1.54) is 19.1 Å². The van der Waals surface area contributed by atoms with E-state index < -0.39 is 11.7 Å². The molecule has 1 amide bonds. The van der Waals surface area contributed by atoms with Crippen LogP contribution in [0.15, 0.2) is 30.6 Å². The second kappa shape index (κ2) is 6.51. The second-order valence-electron chi connectivity index (χ2n) is 6.34. The van der Waals surface area contributed by atoms with Crippen LogP contribution in [0.5, 0.6) is 0 Å². The minimum Gasteiger partial charge on any atom is -0.326 e. The molecule has 25 heavy (non-hydrogen) atoms. The SMILES string of the molecule is Cc1ccc(NC(=O)[C@H]2CNC[C@@H]2c2cnn(C)c2)cc1C(F)(F)F. The van der Waals surface area contributed by atoms with Crippen molar-refractivity contribution in [1.29, 1.82) is 0 Å². The second-order valence-corrected chi connectivity index (χ2v) is 6.34.